The molecule has 4 rings (SSSR count). The Balaban J connectivity index is 1.22. The largest absolute Gasteiger partial charge is 0.477 e. The fraction of sp³-hybridized carbons (Fsp3) is 0.526. The third-order valence-electron chi connectivity index (χ3n) is 5.09. The minimum Gasteiger partial charge on any atom is -0.477 e. The van der Waals surface area contributed by atoms with Crippen LogP contribution in [0.25, 0.3) is 0 Å². The lowest BCUT2D eigenvalue weighted by Gasteiger charge is -2.53. The molecule has 6 nitrogen and oxygen atoms in total. The van der Waals surface area contributed by atoms with Gasteiger partial charge in [-0.05, 0) is 42.9 Å². The van der Waals surface area contributed by atoms with Gasteiger partial charge in [0.25, 0.3) is 0 Å². The molecule has 1 atom stereocenters. The first kappa shape index (κ1) is 16.4. The van der Waals surface area contributed by atoms with Gasteiger partial charge in [0.05, 0.1) is 18.4 Å². The zero-order chi connectivity index (χ0) is 17.0. The number of likely N-dealkylation sites (tertiary alicyclic amines) is 1. The van der Waals surface area contributed by atoms with Crippen molar-refractivity contribution < 1.29 is 9.47 Å². The molecule has 0 unspecified atom stereocenters. The molecule has 0 N–H and O–H groups in total. The summed E-state index contributed by atoms with van der Waals surface area (Å²) in [6, 6.07) is 4.17. The number of rotatable bonds is 6. The van der Waals surface area contributed by atoms with Crippen LogP contribution in [-0.2, 0) is 11.3 Å². The molecule has 25 heavy (non-hydrogen) atoms. The highest BCUT2D eigenvalue weighted by atomic mass is 16.5. The van der Waals surface area contributed by atoms with Gasteiger partial charge in [-0.15, -0.1) is 0 Å². The van der Waals surface area contributed by atoms with Crippen LogP contribution in [0.5, 0.6) is 5.88 Å². The van der Waals surface area contributed by atoms with E-state index < -0.39 is 0 Å². The van der Waals surface area contributed by atoms with Gasteiger partial charge >= 0.3 is 0 Å². The molecule has 0 aromatic carbocycles. The average Bonchev–Trinajstić information content (AvgIpc) is 2.63. The van der Waals surface area contributed by atoms with E-state index in [-0.39, 0.29) is 5.60 Å². The standard InChI is InChI=1S/C19H24N4O2/c1-5-20-6-2-17(1)13-23-14-19(15-23)11-16(4-10-25-19)3-9-24-18-12-21-7-8-22-18/h1-2,5-8,12,16H,3-4,9-11,13-15H2/t16-/m0/s1. The fourth-order valence-corrected chi connectivity index (χ4v) is 3.91. The maximum absolute atomic E-state index is 6.15. The first-order chi connectivity index (χ1) is 12.3. The second kappa shape index (κ2) is 7.45. The van der Waals surface area contributed by atoms with Crippen molar-refractivity contribution in [1.29, 1.82) is 0 Å². The van der Waals surface area contributed by atoms with Gasteiger partial charge in [-0.25, -0.2) is 4.98 Å². The highest BCUT2D eigenvalue weighted by Crippen LogP contribution is 2.38. The normalized spacial score (nSPS) is 22.5. The predicted octanol–water partition coefficient (Wildman–Crippen LogP) is 2.32. The summed E-state index contributed by atoms with van der Waals surface area (Å²) in [5.41, 5.74) is 1.37. The molecule has 4 heterocycles. The Labute approximate surface area is 148 Å². The Kier molecular flexibility index (Phi) is 4.90. The molecule has 2 aliphatic heterocycles. The number of hydrogen-bond donors (Lipinski definition) is 0. The molecule has 0 amide bonds. The minimum absolute atomic E-state index is 0.0580. The lowest BCUT2D eigenvalue weighted by Crippen LogP contribution is -2.64. The van der Waals surface area contributed by atoms with Crippen LogP contribution in [-0.4, -0.2) is 51.8 Å². The summed E-state index contributed by atoms with van der Waals surface area (Å²) >= 11 is 0. The molecule has 2 aliphatic rings. The van der Waals surface area contributed by atoms with E-state index in [1.807, 2.05) is 12.4 Å². The minimum atomic E-state index is 0.0580. The summed E-state index contributed by atoms with van der Waals surface area (Å²) in [5.74, 6) is 1.27. The molecule has 2 saturated heterocycles. The van der Waals surface area contributed by atoms with Crippen LogP contribution in [0, 0.1) is 5.92 Å². The van der Waals surface area contributed by atoms with Gasteiger partial charge in [-0.2, -0.15) is 0 Å². The van der Waals surface area contributed by atoms with Gasteiger partial charge in [0, 0.05) is 51.0 Å². The molecule has 2 aromatic rings. The van der Waals surface area contributed by atoms with Crippen molar-refractivity contribution in [1.82, 2.24) is 19.9 Å². The summed E-state index contributed by atoms with van der Waals surface area (Å²) in [4.78, 5) is 14.7. The molecule has 0 saturated carbocycles. The number of nitrogens with zero attached hydrogens (tertiary/aromatic N) is 4. The molecule has 2 aromatic heterocycles. The molecule has 6 heteroatoms. The number of hydrogen-bond acceptors (Lipinski definition) is 6. The predicted molar refractivity (Wildman–Crippen MR) is 93.1 cm³/mol. The van der Waals surface area contributed by atoms with Crippen LogP contribution >= 0.6 is 0 Å². The summed E-state index contributed by atoms with van der Waals surface area (Å²) in [6.45, 7) is 4.58. The highest BCUT2D eigenvalue weighted by Gasteiger charge is 2.47. The van der Waals surface area contributed by atoms with Gasteiger partial charge in [-0.3, -0.25) is 14.9 Å². The van der Waals surface area contributed by atoms with Gasteiger partial charge < -0.3 is 9.47 Å². The van der Waals surface area contributed by atoms with Crippen LogP contribution < -0.4 is 4.74 Å². The Hall–Kier alpha value is -2.05. The topological polar surface area (TPSA) is 60.4 Å². The van der Waals surface area contributed by atoms with Crippen molar-refractivity contribution in [3.05, 3.63) is 48.7 Å². The van der Waals surface area contributed by atoms with E-state index in [9.17, 15) is 0 Å². The van der Waals surface area contributed by atoms with E-state index >= 15 is 0 Å². The first-order valence-corrected chi connectivity index (χ1v) is 8.95. The van der Waals surface area contributed by atoms with E-state index in [1.165, 1.54) is 5.56 Å². The molecule has 0 bridgehead atoms. The van der Waals surface area contributed by atoms with E-state index in [4.69, 9.17) is 9.47 Å². The third-order valence-corrected chi connectivity index (χ3v) is 5.09. The van der Waals surface area contributed by atoms with Gasteiger partial charge in [-0.1, -0.05) is 0 Å². The van der Waals surface area contributed by atoms with Crippen molar-refractivity contribution in [3.8, 4) is 5.88 Å². The SMILES string of the molecule is c1cc(CN2CC3(C[C@@H](CCOc4cnccn4)CCO3)C2)ccn1. The quantitative estimate of drug-likeness (QED) is 0.804. The lowest BCUT2D eigenvalue weighted by atomic mass is 9.79. The van der Waals surface area contributed by atoms with Crippen LogP contribution in [0.1, 0.15) is 24.8 Å². The highest BCUT2D eigenvalue weighted by molar-refractivity contribution is 5.12. The molecule has 0 radical (unpaired) electrons. The van der Waals surface area contributed by atoms with Gasteiger partial charge in [0.15, 0.2) is 0 Å². The van der Waals surface area contributed by atoms with E-state index in [0.29, 0.717) is 18.4 Å². The van der Waals surface area contributed by atoms with Crippen LogP contribution in [0.4, 0.5) is 0 Å². The summed E-state index contributed by atoms with van der Waals surface area (Å²) in [7, 11) is 0. The second-order valence-corrected chi connectivity index (χ2v) is 7.07. The van der Waals surface area contributed by atoms with Crippen molar-refractivity contribution >= 4 is 0 Å². The van der Waals surface area contributed by atoms with Crippen LogP contribution in [0.2, 0.25) is 0 Å². The number of pyridine rings is 1. The Bertz CT molecular complexity index is 662. The average molecular weight is 340 g/mol. The van der Waals surface area contributed by atoms with Crippen molar-refractivity contribution in [2.75, 3.05) is 26.3 Å². The smallest absolute Gasteiger partial charge is 0.232 e. The molecule has 132 valence electrons. The fourth-order valence-electron chi connectivity index (χ4n) is 3.91. The Morgan fingerprint density at radius 3 is 2.84 bits per heavy atom. The van der Waals surface area contributed by atoms with E-state index in [0.717, 1.165) is 45.5 Å². The van der Waals surface area contributed by atoms with E-state index in [2.05, 4.69) is 32.0 Å². The molecule has 2 fully saturated rings. The third kappa shape index (κ3) is 4.14. The van der Waals surface area contributed by atoms with Crippen LogP contribution in [0.3, 0.4) is 0 Å². The maximum Gasteiger partial charge on any atom is 0.232 e. The summed E-state index contributed by atoms with van der Waals surface area (Å²) in [6.07, 6.45) is 12.0. The molecular weight excluding hydrogens is 316 g/mol. The monoisotopic (exact) mass is 340 g/mol. The number of aromatic nitrogens is 3. The summed E-state index contributed by atoms with van der Waals surface area (Å²) in [5, 5.41) is 0. The molecule has 0 aliphatic carbocycles. The van der Waals surface area contributed by atoms with Gasteiger partial charge in [0.2, 0.25) is 5.88 Å². The Morgan fingerprint density at radius 2 is 2.04 bits per heavy atom. The Morgan fingerprint density at radius 1 is 1.16 bits per heavy atom. The first-order valence-electron chi connectivity index (χ1n) is 8.95. The number of ether oxygens (including phenoxy) is 2. The van der Waals surface area contributed by atoms with Crippen molar-refractivity contribution in [2.45, 2.75) is 31.4 Å². The lowest BCUT2D eigenvalue weighted by molar-refractivity contribution is -0.182. The van der Waals surface area contributed by atoms with Crippen molar-refractivity contribution in [2.24, 2.45) is 5.92 Å². The van der Waals surface area contributed by atoms with Gasteiger partial charge in [0.1, 0.15) is 0 Å². The van der Waals surface area contributed by atoms with Crippen LogP contribution in [0.15, 0.2) is 43.1 Å². The van der Waals surface area contributed by atoms with Crippen molar-refractivity contribution in [3.63, 3.8) is 0 Å². The van der Waals surface area contributed by atoms with E-state index in [1.54, 1.807) is 18.6 Å². The second-order valence-electron chi connectivity index (χ2n) is 7.07. The zero-order valence-electron chi connectivity index (χ0n) is 14.4. The molecular formula is C19H24N4O2. The molecule has 1 spiro atoms. The zero-order valence-corrected chi connectivity index (χ0v) is 14.4. The summed E-state index contributed by atoms with van der Waals surface area (Å²) < 4.78 is 11.8. The maximum atomic E-state index is 6.15.